The smallest absolute Gasteiger partial charge is 0.321 e. The minimum absolute atomic E-state index is 0.402. The third-order valence-corrected chi connectivity index (χ3v) is 3.13. The lowest BCUT2D eigenvalue weighted by atomic mass is 10.1. The summed E-state index contributed by atoms with van der Waals surface area (Å²) in [6, 6.07) is 11.3. The Kier molecular flexibility index (Phi) is 4.88. The highest BCUT2D eigenvalue weighted by Crippen LogP contribution is 2.29. The van der Waals surface area contributed by atoms with E-state index >= 15 is 0 Å². The molecule has 2 aromatic rings. The van der Waals surface area contributed by atoms with Gasteiger partial charge in [-0.2, -0.15) is 13.2 Å². The maximum absolute atomic E-state index is 12.4. The topological polar surface area (TPSA) is 29.1 Å². The van der Waals surface area contributed by atoms with E-state index in [1.54, 1.807) is 24.3 Å². The number of alkyl halides is 3. The van der Waals surface area contributed by atoms with Gasteiger partial charge >= 0.3 is 6.18 Å². The van der Waals surface area contributed by atoms with Crippen molar-refractivity contribution in [1.29, 1.82) is 0 Å². The highest BCUT2D eigenvalue weighted by Gasteiger charge is 2.29. The van der Waals surface area contributed by atoms with Crippen molar-refractivity contribution < 1.29 is 18.0 Å². The number of anilines is 1. The van der Waals surface area contributed by atoms with Crippen LogP contribution in [0.4, 0.5) is 18.9 Å². The first-order valence-electron chi connectivity index (χ1n) is 6.27. The molecular weight excluding hydrogens is 315 g/mol. The van der Waals surface area contributed by atoms with Crippen LogP contribution in [0.25, 0.3) is 6.08 Å². The van der Waals surface area contributed by atoms with Gasteiger partial charge in [0, 0.05) is 6.08 Å². The van der Waals surface area contributed by atoms with Crippen molar-refractivity contribution in [2.24, 2.45) is 0 Å². The number of halogens is 4. The van der Waals surface area contributed by atoms with Crippen molar-refractivity contribution in [1.82, 2.24) is 0 Å². The summed E-state index contributed by atoms with van der Waals surface area (Å²) >= 11 is 5.90. The SMILES string of the molecule is O=C(/C=C/c1ccc(C(F)(F)F)cc1)Nc1ccccc1Cl. The molecule has 1 N–H and O–H groups in total. The van der Waals surface area contributed by atoms with Crippen molar-refractivity contribution in [3.63, 3.8) is 0 Å². The summed E-state index contributed by atoms with van der Waals surface area (Å²) in [4.78, 5) is 11.7. The molecule has 0 saturated carbocycles. The zero-order valence-corrected chi connectivity index (χ0v) is 11.9. The molecule has 0 aromatic heterocycles. The van der Waals surface area contributed by atoms with Gasteiger partial charge in [-0.25, -0.2) is 0 Å². The average Bonchev–Trinajstić information content (AvgIpc) is 2.47. The highest BCUT2D eigenvalue weighted by molar-refractivity contribution is 6.33. The van der Waals surface area contributed by atoms with E-state index in [0.717, 1.165) is 12.1 Å². The Morgan fingerprint density at radius 3 is 2.27 bits per heavy atom. The van der Waals surface area contributed by atoms with Gasteiger partial charge in [0.25, 0.3) is 0 Å². The molecule has 0 spiro atoms. The van der Waals surface area contributed by atoms with Crippen LogP contribution in [0.5, 0.6) is 0 Å². The first kappa shape index (κ1) is 16.1. The second kappa shape index (κ2) is 6.66. The number of benzene rings is 2. The second-order valence-electron chi connectivity index (χ2n) is 4.42. The van der Waals surface area contributed by atoms with Crippen LogP contribution in [0.1, 0.15) is 11.1 Å². The van der Waals surface area contributed by atoms with E-state index in [0.29, 0.717) is 16.3 Å². The standard InChI is InChI=1S/C16H11ClF3NO/c17-13-3-1-2-4-14(13)21-15(22)10-7-11-5-8-12(9-6-11)16(18,19)20/h1-10H,(H,21,22)/b10-7+. The van der Waals surface area contributed by atoms with Crippen LogP contribution in [0.15, 0.2) is 54.6 Å². The molecule has 2 rings (SSSR count). The molecule has 0 aliphatic carbocycles. The number of hydrogen-bond donors (Lipinski definition) is 1. The molecule has 0 radical (unpaired) electrons. The third kappa shape index (κ3) is 4.36. The molecule has 6 heteroatoms. The summed E-state index contributed by atoms with van der Waals surface area (Å²) in [6.45, 7) is 0. The summed E-state index contributed by atoms with van der Waals surface area (Å²) in [6.07, 6.45) is -1.72. The number of amides is 1. The molecule has 0 aliphatic heterocycles. The first-order chi connectivity index (χ1) is 10.4. The normalized spacial score (nSPS) is 11.6. The van der Waals surface area contributed by atoms with Crippen molar-refractivity contribution in [3.8, 4) is 0 Å². The van der Waals surface area contributed by atoms with Gasteiger partial charge in [-0.1, -0.05) is 35.9 Å². The lowest BCUT2D eigenvalue weighted by molar-refractivity contribution is -0.137. The average molecular weight is 326 g/mol. The molecule has 0 atom stereocenters. The van der Waals surface area contributed by atoms with E-state index in [-0.39, 0.29) is 0 Å². The Morgan fingerprint density at radius 1 is 1.05 bits per heavy atom. The minimum Gasteiger partial charge on any atom is -0.321 e. The second-order valence-corrected chi connectivity index (χ2v) is 4.83. The maximum Gasteiger partial charge on any atom is 0.416 e. The fraction of sp³-hybridized carbons (Fsp3) is 0.0625. The van der Waals surface area contributed by atoms with Crippen molar-refractivity contribution in [2.75, 3.05) is 5.32 Å². The Bertz CT molecular complexity index is 693. The number of carbonyl (C=O) groups excluding carboxylic acids is 1. The van der Waals surface area contributed by atoms with Crippen LogP contribution < -0.4 is 5.32 Å². The summed E-state index contributed by atoms with van der Waals surface area (Å²) in [5, 5.41) is 2.98. The summed E-state index contributed by atoms with van der Waals surface area (Å²) < 4.78 is 37.3. The fourth-order valence-corrected chi connectivity index (χ4v) is 1.88. The van der Waals surface area contributed by atoms with Crippen LogP contribution in [-0.2, 0) is 11.0 Å². The highest BCUT2D eigenvalue weighted by atomic mass is 35.5. The minimum atomic E-state index is -4.37. The van der Waals surface area contributed by atoms with Gasteiger partial charge in [0.2, 0.25) is 5.91 Å². The Balaban J connectivity index is 2.02. The van der Waals surface area contributed by atoms with Gasteiger partial charge in [-0.3, -0.25) is 4.79 Å². The number of nitrogens with one attached hydrogen (secondary N) is 1. The van der Waals surface area contributed by atoms with Crippen molar-refractivity contribution in [2.45, 2.75) is 6.18 Å². The zero-order chi connectivity index (χ0) is 16.2. The molecule has 2 nitrogen and oxygen atoms in total. The van der Waals surface area contributed by atoms with Gasteiger partial charge in [0.05, 0.1) is 16.3 Å². The molecular formula is C16H11ClF3NO. The van der Waals surface area contributed by atoms with Gasteiger partial charge in [0.15, 0.2) is 0 Å². The number of carbonyl (C=O) groups is 1. The summed E-state index contributed by atoms with van der Waals surface area (Å²) in [5.74, 6) is -0.423. The van der Waals surface area contributed by atoms with Crippen LogP contribution >= 0.6 is 11.6 Å². The Hall–Kier alpha value is -2.27. The monoisotopic (exact) mass is 325 g/mol. The Morgan fingerprint density at radius 2 is 1.68 bits per heavy atom. The molecule has 0 heterocycles. The van der Waals surface area contributed by atoms with E-state index in [4.69, 9.17) is 11.6 Å². The molecule has 0 saturated heterocycles. The van der Waals surface area contributed by atoms with Gasteiger partial charge < -0.3 is 5.32 Å². The molecule has 0 bridgehead atoms. The zero-order valence-electron chi connectivity index (χ0n) is 11.2. The molecule has 0 unspecified atom stereocenters. The first-order valence-corrected chi connectivity index (χ1v) is 6.65. The van der Waals surface area contributed by atoms with Gasteiger partial charge in [-0.05, 0) is 35.9 Å². The lowest BCUT2D eigenvalue weighted by Crippen LogP contribution is -2.08. The van der Waals surface area contributed by atoms with Gasteiger partial charge in [0.1, 0.15) is 0 Å². The van der Waals surface area contributed by atoms with Gasteiger partial charge in [-0.15, -0.1) is 0 Å². The lowest BCUT2D eigenvalue weighted by Gasteiger charge is -2.06. The van der Waals surface area contributed by atoms with E-state index in [9.17, 15) is 18.0 Å². The molecule has 2 aromatic carbocycles. The maximum atomic E-state index is 12.4. The number of para-hydroxylation sites is 1. The van der Waals surface area contributed by atoms with Crippen LogP contribution in [-0.4, -0.2) is 5.91 Å². The van der Waals surface area contributed by atoms with Crippen LogP contribution in [0.2, 0.25) is 5.02 Å². The number of rotatable bonds is 3. The summed E-state index contributed by atoms with van der Waals surface area (Å²) in [7, 11) is 0. The van der Waals surface area contributed by atoms with E-state index in [1.165, 1.54) is 24.3 Å². The number of hydrogen-bond acceptors (Lipinski definition) is 1. The largest absolute Gasteiger partial charge is 0.416 e. The Labute approximate surface area is 130 Å². The van der Waals surface area contributed by atoms with Crippen LogP contribution in [0.3, 0.4) is 0 Å². The van der Waals surface area contributed by atoms with E-state index in [2.05, 4.69) is 5.32 Å². The summed E-state index contributed by atoms with van der Waals surface area (Å²) in [5.41, 5.74) is 0.221. The predicted molar refractivity (Wildman–Crippen MR) is 80.6 cm³/mol. The van der Waals surface area contributed by atoms with Crippen LogP contribution in [0, 0.1) is 0 Å². The molecule has 0 aliphatic rings. The molecule has 0 fully saturated rings. The van der Waals surface area contributed by atoms with Crippen molar-refractivity contribution in [3.05, 3.63) is 70.8 Å². The molecule has 22 heavy (non-hydrogen) atoms. The molecule has 1 amide bonds. The molecule has 114 valence electrons. The van der Waals surface area contributed by atoms with Crippen molar-refractivity contribution >= 4 is 29.3 Å². The quantitative estimate of drug-likeness (QED) is 0.790. The predicted octanol–water partition coefficient (Wildman–Crippen LogP) is 5.01. The fourth-order valence-electron chi connectivity index (χ4n) is 1.69. The van der Waals surface area contributed by atoms with E-state index in [1.807, 2.05) is 0 Å². The third-order valence-electron chi connectivity index (χ3n) is 2.80. The van der Waals surface area contributed by atoms with E-state index < -0.39 is 17.6 Å².